The number of nitrogens with zero attached hydrogens (tertiary/aromatic N) is 1. The topological polar surface area (TPSA) is 49.4 Å². The standard InChI is InChI=1S/C23H22N2O2S/c1-3-4-14-25-19-13-12-18(15-9-7-10-17(21(15)19)23(25)27)24-22(26)16-8-5-6-11-20(16)28-2/h5-13H,3-4,14H2,1-2H3,(H,24,26). The molecule has 0 aromatic heterocycles. The Hall–Kier alpha value is -2.79. The first kappa shape index (κ1) is 18.6. The Morgan fingerprint density at radius 1 is 1.07 bits per heavy atom. The van der Waals surface area contributed by atoms with Gasteiger partial charge in [0.2, 0.25) is 0 Å². The van der Waals surface area contributed by atoms with Crippen LogP contribution >= 0.6 is 11.8 Å². The Morgan fingerprint density at radius 2 is 1.89 bits per heavy atom. The van der Waals surface area contributed by atoms with Gasteiger partial charge in [0.1, 0.15) is 0 Å². The van der Waals surface area contributed by atoms with Crippen LogP contribution in [0.2, 0.25) is 0 Å². The number of thioether (sulfide) groups is 1. The molecule has 0 atom stereocenters. The van der Waals surface area contributed by atoms with Crippen molar-refractivity contribution in [2.75, 3.05) is 23.0 Å². The fourth-order valence-electron chi connectivity index (χ4n) is 3.72. The van der Waals surface area contributed by atoms with Crippen molar-refractivity contribution in [1.29, 1.82) is 0 Å². The second kappa shape index (κ2) is 7.68. The minimum atomic E-state index is -0.141. The maximum absolute atomic E-state index is 12.9. The lowest BCUT2D eigenvalue weighted by atomic mass is 10.0. The van der Waals surface area contributed by atoms with Crippen LogP contribution in [0.3, 0.4) is 0 Å². The predicted molar refractivity (Wildman–Crippen MR) is 117 cm³/mol. The summed E-state index contributed by atoms with van der Waals surface area (Å²) in [6.07, 6.45) is 3.96. The van der Waals surface area contributed by atoms with Crippen LogP contribution in [0.1, 0.15) is 40.5 Å². The Labute approximate surface area is 168 Å². The molecular formula is C23H22N2O2S. The van der Waals surface area contributed by atoms with E-state index < -0.39 is 0 Å². The Kier molecular flexibility index (Phi) is 5.09. The average Bonchev–Trinajstić information content (AvgIpc) is 3.01. The van der Waals surface area contributed by atoms with Crippen LogP contribution in [-0.2, 0) is 0 Å². The summed E-state index contributed by atoms with van der Waals surface area (Å²) in [5.74, 6) is -0.0944. The molecule has 0 spiro atoms. The van der Waals surface area contributed by atoms with Crippen LogP contribution in [0.15, 0.2) is 59.5 Å². The summed E-state index contributed by atoms with van der Waals surface area (Å²) in [5.41, 5.74) is 3.03. The molecule has 0 radical (unpaired) electrons. The lowest BCUT2D eigenvalue weighted by Crippen LogP contribution is -2.27. The van der Waals surface area contributed by atoms with E-state index in [2.05, 4.69) is 12.2 Å². The number of rotatable bonds is 6. The van der Waals surface area contributed by atoms with E-state index in [9.17, 15) is 9.59 Å². The summed E-state index contributed by atoms with van der Waals surface area (Å²) in [5, 5.41) is 4.88. The highest BCUT2D eigenvalue weighted by Gasteiger charge is 2.30. The summed E-state index contributed by atoms with van der Waals surface area (Å²) in [4.78, 5) is 28.5. The summed E-state index contributed by atoms with van der Waals surface area (Å²) in [6.45, 7) is 2.83. The van der Waals surface area contributed by atoms with E-state index in [1.54, 1.807) is 11.8 Å². The van der Waals surface area contributed by atoms with E-state index in [1.807, 2.05) is 65.8 Å². The minimum absolute atomic E-state index is 0.0465. The minimum Gasteiger partial charge on any atom is -0.321 e. The monoisotopic (exact) mass is 390 g/mol. The van der Waals surface area contributed by atoms with E-state index in [4.69, 9.17) is 0 Å². The molecule has 4 nitrogen and oxygen atoms in total. The third-order valence-electron chi connectivity index (χ3n) is 5.12. The fraction of sp³-hybridized carbons (Fsp3) is 0.217. The summed E-state index contributed by atoms with van der Waals surface area (Å²) >= 11 is 1.55. The maximum atomic E-state index is 12.9. The lowest BCUT2D eigenvalue weighted by Gasteiger charge is -2.18. The van der Waals surface area contributed by atoms with Crippen molar-refractivity contribution in [3.8, 4) is 0 Å². The SMILES string of the molecule is CCCCN1C(=O)c2cccc3c(NC(=O)c4ccccc4SC)ccc1c23. The van der Waals surface area contributed by atoms with E-state index in [0.717, 1.165) is 39.9 Å². The molecule has 3 aromatic rings. The molecule has 1 N–H and O–H groups in total. The van der Waals surface area contributed by atoms with E-state index in [0.29, 0.717) is 17.7 Å². The molecular weight excluding hydrogens is 368 g/mol. The highest BCUT2D eigenvalue weighted by molar-refractivity contribution is 7.98. The molecule has 0 saturated carbocycles. The van der Waals surface area contributed by atoms with E-state index in [-0.39, 0.29) is 11.8 Å². The molecule has 5 heteroatoms. The van der Waals surface area contributed by atoms with Gasteiger partial charge in [0, 0.05) is 33.5 Å². The zero-order chi connectivity index (χ0) is 19.7. The molecule has 4 rings (SSSR count). The van der Waals surface area contributed by atoms with Gasteiger partial charge in [-0.05, 0) is 43.0 Å². The number of unbranched alkanes of at least 4 members (excludes halogenated alkanes) is 1. The van der Waals surface area contributed by atoms with Gasteiger partial charge in [-0.25, -0.2) is 0 Å². The predicted octanol–water partition coefficient (Wildman–Crippen LogP) is 5.57. The van der Waals surface area contributed by atoms with Gasteiger partial charge in [0.15, 0.2) is 0 Å². The van der Waals surface area contributed by atoms with Crippen LogP contribution in [0, 0.1) is 0 Å². The summed E-state index contributed by atoms with van der Waals surface area (Å²) < 4.78 is 0. The van der Waals surface area contributed by atoms with Crippen LogP contribution in [0.4, 0.5) is 11.4 Å². The van der Waals surface area contributed by atoms with Crippen molar-refractivity contribution in [2.45, 2.75) is 24.7 Å². The molecule has 0 unspecified atom stereocenters. The van der Waals surface area contributed by atoms with Crippen LogP contribution in [-0.4, -0.2) is 24.6 Å². The first-order valence-electron chi connectivity index (χ1n) is 9.47. The third-order valence-corrected chi connectivity index (χ3v) is 5.92. The maximum Gasteiger partial charge on any atom is 0.258 e. The van der Waals surface area contributed by atoms with Crippen LogP contribution in [0.5, 0.6) is 0 Å². The van der Waals surface area contributed by atoms with Gasteiger partial charge in [-0.1, -0.05) is 37.6 Å². The number of anilines is 2. The molecule has 2 amide bonds. The van der Waals surface area contributed by atoms with Gasteiger partial charge >= 0.3 is 0 Å². The van der Waals surface area contributed by atoms with Crippen LogP contribution in [0.25, 0.3) is 10.8 Å². The van der Waals surface area contributed by atoms with Crippen molar-refractivity contribution in [1.82, 2.24) is 0 Å². The fourth-order valence-corrected chi connectivity index (χ4v) is 4.31. The molecule has 1 aliphatic rings. The normalized spacial score (nSPS) is 12.6. The molecule has 0 aliphatic carbocycles. The van der Waals surface area contributed by atoms with Gasteiger partial charge in [0.05, 0.1) is 11.3 Å². The molecule has 0 bridgehead atoms. The molecule has 142 valence electrons. The van der Waals surface area contributed by atoms with Gasteiger partial charge in [-0.3, -0.25) is 9.59 Å². The van der Waals surface area contributed by atoms with E-state index in [1.165, 1.54) is 0 Å². The quantitative estimate of drug-likeness (QED) is 0.560. The Morgan fingerprint density at radius 3 is 2.68 bits per heavy atom. The number of carbonyl (C=O) groups excluding carboxylic acids is 2. The molecule has 3 aromatic carbocycles. The molecule has 0 saturated heterocycles. The summed E-state index contributed by atoms with van der Waals surface area (Å²) in [6, 6.07) is 17.1. The van der Waals surface area contributed by atoms with Crippen molar-refractivity contribution in [2.24, 2.45) is 0 Å². The third kappa shape index (κ3) is 3.06. The largest absolute Gasteiger partial charge is 0.321 e. The van der Waals surface area contributed by atoms with Gasteiger partial charge in [0.25, 0.3) is 11.8 Å². The smallest absolute Gasteiger partial charge is 0.258 e. The second-order valence-corrected chi connectivity index (χ2v) is 7.67. The lowest BCUT2D eigenvalue weighted by molar-refractivity contribution is 0.0990. The molecule has 28 heavy (non-hydrogen) atoms. The first-order valence-corrected chi connectivity index (χ1v) is 10.7. The van der Waals surface area contributed by atoms with Crippen LogP contribution < -0.4 is 10.2 Å². The highest BCUT2D eigenvalue weighted by atomic mass is 32.2. The molecule has 0 fully saturated rings. The van der Waals surface area contributed by atoms with Crippen molar-refractivity contribution < 1.29 is 9.59 Å². The number of carbonyl (C=O) groups is 2. The van der Waals surface area contributed by atoms with Gasteiger partial charge in [-0.15, -0.1) is 11.8 Å². The number of nitrogens with one attached hydrogen (secondary N) is 1. The van der Waals surface area contributed by atoms with Crippen molar-refractivity contribution in [3.05, 3.63) is 65.7 Å². The molecule has 1 heterocycles. The zero-order valence-corrected chi connectivity index (χ0v) is 16.8. The average molecular weight is 391 g/mol. The molecule has 1 aliphatic heterocycles. The Balaban J connectivity index is 1.74. The van der Waals surface area contributed by atoms with Gasteiger partial charge in [-0.2, -0.15) is 0 Å². The second-order valence-electron chi connectivity index (χ2n) is 6.83. The van der Waals surface area contributed by atoms with Crippen molar-refractivity contribution >= 4 is 45.7 Å². The summed E-state index contributed by atoms with van der Waals surface area (Å²) in [7, 11) is 0. The highest BCUT2D eigenvalue weighted by Crippen LogP contribution is 2.40. The number of amides is 2. The first-order chi connectivity index (χ1) is 13.7. The zero-order valence-electron chi connectivity index (χ0n) is 16.0. The van der Waals surface area contributed by atoms with Gasteiger partial charge < -0.3 is 10.2 Å². The number of hydrogen-bond donors (Lipinski definition) is 1. The van der Waals surface area contributed by atoms with E-state index >= 15 is 0 Å². The number of hydrogen-bond acceptors (Lipinski definition) is 3. The Bertz CT molecular complexity index is 1080. The van der Waals surface area contributed by atoms with Crippen molar-refractivity contribution in [3.63, 3.8) is 0 Å². The number of benzene rings is 3.